The van der Waals surface area contributed by atoms with Crippen LogP contribution in [0.15, 0.2) is 421 Å². The maximum Gasteiger partial charge on any atom is 0.136 e. The highest BCUT2D eigenvalue weighted by Crippen LogP contribution is 2.44. The molecule has 6 heteroatoms. The lowest BCUT2D eigenvalue weighted by Gasteiger charge is -2.26. The van der Waals surface area contributed by atoms with Crippen molar-refractivity contribution in [2.24, 2.45) is 0 Å². The molecule has 22 aromatic rings. The maximum atomic E-state index is 6.32. The van der Waals surface area contributed by atoms with E-state index in [1.165, 1.54) is 104 Å². The summed E-state index contributed by atoms with van der Waals surface area (Å²) in [5.41, 5.74) is 26.7. The number of anilines is 6. The SMILES string of the molecule is c1ccc(-c2ccc(N(c3ccc(-c4ccc5ccccc5c4)cc3)c3ccc(-n4c5ccccc5c5cc6oc7ccccc7c6cc54)cc3)cc2)cc1.c1ccc(N(c2ccc(-c3ccc(-n4c5ccccc5c5cc6oc7ccccc7c6cc54)cc3)cc2)c2ccc(-c3ccc4ccccc4c3)cc2)cc1. The van der Waals surface area contributed by atoms with Crippen LogP contribution < -0.4 is 9.80 Å². The van der Waals surface area contributed by atoms with E-state index in [9.17, 15) is 0 Å². The van der Waals surface area contributed by atoms with E-state index in [0.29, 0.717) is 0 Å². The number of benzene rings is 18. The molecular weight excluding hydrogens is 1340 g/mol. The van der Waals surface area contributed by atoms with E-state index >= 15 is 0 Å². The van der Waals surface area contributed by atoms with E-state index in [0.717, 1.165) is 94.9 Å². The fourth-order valence-corrected chi connectivity index (χ4v) is 16.5. The van der Waals surface area contributed by atoms with Gasteiger partial charge in [-0.05, 0) is 224 Å². The summed E-state index contributed by atoms with van der Waals surface area (Å²) in [7, 11) is 0. The van der Waals surface area contributed by atoms with Gasteiger partial charge in [0, 0.05) is 88.6 Å². The van der Waals surface area contributed by atoms with Crippen molar-refractivity contribution in [1.82, 2.24) is 9.13 Å². The number of fused-ring (bicyclic) bond motifs is 14. The Bertz CT molecular complexity index is 7220. The Labute approximate surface area is 635 Å². The number of nitrogens with zero attached hydrogens (tertiary/aromatic N) is 4. The van der Waals surface area contributed by atoms with Crippen molar-refractivity contribution in [2.45, 2.75) is 0 Å². The molecule has 18 aromatic carbocycles. The molecule has 0 bridgehead atoms. The zero-order chi connectivity index (χ0) is 72.6. The minimum atomic E-state index is 0.910. The molecule has 0 aliphatic rings. The van der Waals surface area contributed by atoms with Gasteiger partial charge in [0.25, 0.3) is 0 Å². The Morgan fingerprint density at radius 1 is 0.164 bits per heavy atom. The van der Waals surface area contributed by atoms with Crippen LogP contribution in [0.1, 0.15) is 0 Å². The third-order valence-corrected chi connectivity index (χ3v) is 22.0. The van der Waals surface area contributed by atoms with Crippen LogP contribution in [-0.4, -0.2) is 9.13 Å². The topological polar surface area (TPSA) is 42.6 Å². The van der Waals surface area contributed by atoms with Crippen molar-refractivity contribution >= 4 is 143 Å². The fourth-order valence-electron chi connectivity index (χ4n) is 16.5. The van der Waals surface area contributed by atoms with Crippen molar-refractivity contribution in [3.63, 3.8) is 0 Å². The molecule has 22 rings (SSSR count). The molecule has 516 valence electrons. The third-order valence-electron chi connectivity index (χ3n) is 22.0. The van der Waals surface area contributed by atoms with Gasteiger partial charge in [0.2, 0.25) is 0 Å². The second-order valence-corrected chi connectivity index (χ2v) is 28.4. The number of rotatable bonds is 12. The largest absolute Gasteiger partial charge is 0.456 e. The van der Waals surface area contributed by atoms with Gasteiger partial charge in [-0.1, -0.05) is 255 Å². The summed E-state index contributed by atoms with van der Waals surface area (Å²) >= 11 is 0. The van der Waals surface area contributed by atoms with Crippen LogP contribution >= 0.6 is 0 Å². The molecule has 0 amide bonds. The molecule has 0 radical (unpaired) electrons. The molecule has 0 fully saturated rings. The first-order chi connectivity index (χ1) is 54.5. The average Bonchev–Trinajstić information content (AvgIpc) is 1.58. The fraction of sp³-hybridized carbons (Fsp3) is 0. The van der Waals surface area contributed by atoms with Crippen LogP contribution in [0.2, 0.25) is 0 Å². The van der Waals surface area contributed by atoms with Gasteiger partial charge in [-0.25, -0.2) is 0 Å². The van der Waals surface area contributed by atoms with Crippen molar-refractivity contribution in [1.29, 1.82) is 0 Å². The van der Waals surface area contributed by atoms with Crippen LogP contribution in [0, 0.1) is 0 Å². The summed E-state index contributed by atoms with van der Waals surface area (Å²) in [6, 6.07) is 148. The number of hydrogen-bond acceptors (Lipinski definition) is 4. The summed E-state index contributed by atoms with van der Waals surface area (Å²) in [5.74, 6) is 0. The van der Waals surface area contributed by atoms with E-state index in [1.807, 2.05) is 24.3 Å². The molecule has 0 atom stereocenters. The van der Waals surface area contributed by atoms with E-state index in [1.54, 1.807) is 0 Å². The molecule has 0 saturated carbocycles. The standard InChI is InChI=1S/2C52H34N2O/c1-2-12-41(13-3-1)53(43-28-24-38(25-29-43)40-19-18-35-10-4-5-11-39(35)32-40)42-26-20-36(21-27-42)37-22-30-44(31-23-37)54-49-16-8-6-14-45(49)47-34-52-48(33-50(47)54)46-15-7-9-17-51(46)55-52;1-2-10-35(11-3-1)37-20-24-41(25-21-37)53(42-26-22-38(23-27-42)40-19-18-36-12-4-5-13-39(36)32-40)43-28-30-44(31-29-43)54-49-16-8-6-14-45(49)47-34-52-48(33-50(47)54)46-15-7-9-17-51(46)55-52/h2*1-34H. The van der Waals surface area contributed by atoms with Gasteiger partial charge in [-0.2, -0.15) is 0 Å². The molecule has 0 unspecified atom stereocenters. The van der Waals surface area contributed by atoms with E-state index < -0.39 is 0 Å². The normalized spacial score (nSPS) is 11.6. The summed E-state index contributed by atoms with van der Waals surface area (Å²) in [5, 5.41) is 14.3. The molecule has 0 saturated heterocycles. The first-order valence-corrected chi connectivity index (χ1v) is 37.5. The third kappa shape index (κ3) is 11.3. The van der Waals surface area contributed by atoms with Crippen molar-refractivity contribution in [3.8, 4) is 55.9 Å². The highest BCUT2D eigenvalue weighted by Gasteiger charge is 2.22. The van der Waals surface area contributed by atoms with Gasteiger partial charge in [0.1, 0.15) is 22.3 Å². The monoisotopic (exact) mass is 1400 g/mol. The van der Waals surface area contributed by atoms with E-state index in [2.05, 4.69) is 407 Å². The van der Waals surface area contributed by atoms with Gasteiger partial charge >= 0.3 is 0 Å². The van der Waals surface area contributed by atoms with E-state index in [-0.39, 0.29) is 0 Å². The molecule has 0 spiro atoms. The van der Waals surface area contributed by atoms with Crippen LogP contribution in [-0.2, 0) is 0 Å². The zero-order valence-corrected chi connectivity index (χ0v) is 59.9. The minimum absolute atomic E-state index is 0.910. The second kappa shape index (κ2) is 26.7. The van der Waals surface area contributed by atoms with Crippen LogP contribution in [0.25, 0.3) is 165 Å². The Morgan fingerprint density at radius 3 is 0.873 bits per heavy atom. The first kappa shape index (κ1) is 63.7. The van der Waals surface area contributed by atoms with Gasteiger partial charge in [0.15, 0.2) is 0 Å². The highest BCUT2D eigenvalue weighted by atomic mass is 16.3. The molecule has 6 nitrogen and oxygen atoms in total. The zero-order valence-electron chi connectivity index (χ0n) is 59.9. The van der Waals surface area contributed by atoms with Gasteiger partial charge in [0.05, 0.1) is 22.1 Å². The van der Waals surface area contributed by atoms with Crippen molar-refractivity contribution in [2.75, 3.05) is 9.80 Å². The molecular formula is C104H68N4O2. The Balaban J connectivity index is 0.000000140. The summed E-state index contributed by atoms with van der Waals surface area (Å²) in [6.45, 7) is 0. The number of para-hydroxylation sites is 5. The molecule has 0 aliphatic carbocycles. The Hall–Kier alpha value is -14.7. The van der Waals surface area contributed by atoms with Crippen LogP contribution in [0.5, 0.6) is 0 Å². The Morgan fingerprint density at radius 2 is 0.455 bits per heavy atom. The van der Waals surface area contributed by atoms with Crippen LogP contribution in [0.4, 0.5) is 34.1 Å². The number of aromatic nitrogens is 2. The van der Waals surface area contributed by atoms with E-state index in [4.69, 9.17) is 8.83 Å². The first-order valence-electron chi connectivity index (χ1n) is 37.5. The summed E-state index contributed by atoms with van der Waals surface area (Å²) in [6.07, 6.45) is 0. The predicted molar refractivity (Wildman–Crippen MR) is 462 cm³/mol. The molecule has 4 aromatic heterocycles. The lowest BCUT2D eigenvalue weighted by atomic mass is 10.0. The second-order valence-electron chi connectivity index (χ2n) is 28.4. The van der Waals surface area contributed by atoms with Crippen molar-refractivity contribution < 1.29 is 8.83 Å². The lowest BCUT2D eigenvalue weighted by molar-refractivity contribution is 0.669. The van der Waals surface area contributed by atoms with Gasteiger partial charge < -0.3 is 27.8 Å². The quantitative estimate of drug-likeness (QED) is 0.122. The predicted octanol–water partition coefficient (Wildman–Crippen LogP) is 29.3. The number of furan rings is 2. The molecule has 0 aliphatic heterocycles. The Kier molecular flexibility index (Phi) is 15.5. The highest BCUT2D eigenvalue weighted by molar-refractivity contribution is 6.19. The molecule has 4 heterocycles. The minimum Gasteiger partial charge on any atom is -0.456 e. The summed E-state index contributed by atoms with van der Waals surface area (Å²) in [4.78, 5) is 4.66. The maximum absolute atomic E-state index is 6.32. The van der Waals surface area contributed by atoms with Gasteiger partial charge in [-0.3, -0.25) is 0 Å². The summed E-state index contributed by atoms with van der Waals surface area (Å²) < 4.78 is 17.4. The molecule has 110 heavy (non-hydrogen) atoms. The average molecular weight is 1410 g/mol. The smallest absolute Gasteiger partial charge is 0.136 e. The lowest BCUT2D eigenvalue weighted by Crippen LogP contribution is -2.10. The van der Waals surface area contributed by atoms with Crippen LogP contribution in [0.3, 0.4) is 0 Å². The number of hydrogen-bond donors (Lipinski definition) is 0. The molecule has 0 N–H and O–H groups in total. The van der Waals surface area contributed by atoms with Gasteiger partial charge in [-0.15, -0.1) is 0 Å². The van der Waals surface area contributed by atoms with Crippen molar-refractivity contribution in [3.05, 3.63) is 413 Å².